The van der Waals surface area contributed by atoms with Crippen LogP contribution in [0, 0.1) is 0 Å². The van der Waals surface area contributed by atoms with Crippen molar-refractivity contribution in [2.75, 3.05) is 5.32 Å². The third kappa shape index (κ3) is 5.27. The quantitative estimate of drug-likeness (QED) is 0.700. The Bertz CT molecular complexity index is 630. The second-order valence-corrected chi connectivity index (χ2v) is 6.40. The zero-order valence-electron chi connectivity index (χ0n) is 10.3. The number of carboxylic acid groups (broad SMARTS) is 1. The van der Waals surface area contributed by atoms with Gasteiger partial charge in [-0.25, -0.2) is 13.6 Å². The van der Waals surface area contributed by atoms with Crippen molar-refractivity contribution in [2.45, 2.75) is 24.2 Å². The van der Waals surface area contributed by atoms with Crippen molar-refractivity contribution in [3.8, 4) is 0 Å². The Morgan fingerprint density at radius 3 is 2.45 bits per heavy atom. The summed E-state index contributed by atoms with van der Waals surface area (Å²) in [6, 6.07) is 3.95. The molecule has 0 bridgehead atoms. The van der Waals surface area contributed by atoms with Gasteiger partial charge < -0.3 is 10.4 Å². The highest BCUT2D eigenvalue weighted by Crippen LogP contribution is 2.25. The van der Waals surface area contributed by atoms with E-state index < -0.39 is 16.0 Å². The van der Waals surface area contributed by atoms with E-state index in [-0.39, 0.29) is 30.1 Å². The van der Waals surface area contributed by atoms with E-state index in [0.29, 0.717) is 10.2 Å². The van der Waals surface area contributed by atoms with Crippen LogP contribution in [0.3, 0.4) is 0 Å². The standard InChI is InChI=1S/C11H13BrN2O5S/c12-8-6-7(20(13,18)19)4-5-9(8)14-10(15)2-1-3-11(16)17/h4-6H,1-3H2,(H,14,15)(H,16,17)(H2,13,18,19). The molecular formula is C11H13BrN2O5S. The molecule has 1 amide bonds. The number of rotatable bonds is 6. The number of nitrogens with one attached hydrogen (secondary N) is 1. The summed E-state index contributed by atoms with van der Waals surface area (Å²) in [4.78, 5) is 21.8. The number of amides is 1. The van der Waals surface area contributed by atoms with Gasteiger partial charge in [0.15, 0.2) is 0 Å². The first kappa shape index (κ1) is 16.6. The number of nitrogens with two attached hydrogens (primary N) is 1. The van der Waals surface area contributed by atoms with E-state index in [1.54, 1.807) is 0 Å². The zero-order valence-corrected chi connectivity index (χ0v) is 12.7. The molecule has 4 N–H and O–H groups in total. The Labute approximate surface area is 124 Å². The highest BCUT2D eigenvalue weighted by molar-refractivity contribution is 9.10. The SMILES string of the molecule is NS(=O)(=O)c1ccc(NC(=O)CCCC(=O)O)c(Br)c1. The van der Waals surface area contributed by atoms with E-state index in [1.165, 1.54) is 18.2 Å². The van der Waals surface area contributed by atoms with Gasteiger partial charge in [-0.1, -0.05) is 0 Å². The lowest BCUT2D eigenvalue weighted by atomic mass is 10.2. The van der Waals surface area contributed by atoms with Gasteiger partial charge in [-0.2, -0.15) is 0 Å². The molecule has 0 aliphatic carbocycles. The van der Waals surface area contributed by atoms with Crippen LogP contribution < -0.4 is 10.5 Å². The molecule has 0 saturated carbocycles. The number of anilines is 1. The first-order valence-electron chi connectivity index (χ1n) is 5.54. The number of hydrogen-bond donors (Lipinski definition) is 3. The smallest absolute Gasteiger partial charge is 0.303 e. The molecule has 0 saturated heterocycles. The number of carbonyl (C=O) groups is 2. The van der Waals surface area contributed by atoms with Gasteiger partial charge in [0.25, 0.3) is 0 Å². The van der Waals surface area contributed by atoms with Crippen LogP contribution in [0.2, 0.25) is 0 Å². The Kier molecular flexibility index (Phi) is 5.66. The molecular weight excluding hydrogens is 352 g/mol. The number of benzene rings is 1. The largest absolute Gasteiger partial charge is 0.481 e. The molecule has 0 aliphatic rings. The summed E-state index contributed by atoms with van der Waals surface area (Å²) in [5.41, 5.74) is 0.387. The first-order valence-corrected chi connectivity index (χ1v) is 7.88. The molecule has 0 aromatic heterocycles. The molecule has 9 heteroatoms. The summed E-state index contributed by atoms with van der Waals surface area (Å²) in [6.45, 7) is 0. The number of primary sulfonamides is 1. The van der Waals surface area contributed by atoms with Gasteiger partial charge in [0.1, 0.15) is 0 Å². The molecule has 1 rings (SSSR count). The fourth-order valence-corrected chi connectivity index (χ4v) is 2.56. The van der Waals surface area contributed by atoms with E-state index in [9.17, 15) is 18.0 Å². The van der Waals surface area contributed by atoms with E-state index >= 15 is 0 Å². The number of hydrogen-bond acceptors (Lipinski definition) is 4. The Hall–Kier alpha value is -1.45. The van der Waals surface area contributed by atoms with Crippen LogP contribution in [0.5, 0.6) is 0 Å². The lowest BCUT2D eigenvalue weighted by Gasteiger charge is -2.08. The van der Waals surface area contributed by atoms with Gasteiger partial charge in [-0.3, -0.25) is 9.59 Å². The molecule has 0 heterocycles. The minimum atomic E-state index is -3.80. The minimum absolute atomic E-state index is 0.0652. The Morgan fingerprint density at radius 2 is 1.95 bits per heavy atom. The molecule has 0 atom stereocenters. The summed E-state index contributed by atoms with van der Waals surface area (Å²) in [6.07, 6.45) is 0.211. The molecule has 0 radical (unpaired) electrons. The maximum atomic E-state index is 11.6. The van der Waals surface area contributed by atoms with E-state index in [0.717, 1.165) is 0 Å². The lowest BCUT2D eigenvalue weighted by molar-refractivity contribution is -0.137. The predicted octanol–water partition coefficient (Wildman–Crippen LogP) is 1.29. The van der Waals surface area contributed by atoms with E-state index in [4.69, 9.17) is 10.2 Å². The Morgan fingerprint density at radius 1 is 1.30 bits per heavy atom. The normalized spacial score (nSPS) is 11.1. The fourth-order valence-electron chi connectivity index (χ4n) is 1.39. The van der Waals surface area contributed by atoms with E-state index in [2.05, 4.69) is 21.2 Å². The van der Waals surface area contributed by atoms with Crippen molar-refractivity contribution in [1.82, 2.24) is 0 Å². The van der Waals surface area contributed by atoms with Crippen LogP contribution >= 0.6 is 15.9 Å². The summed E-state index contributed by atoms with van der Waals surface area (Å²) >= 11 is 3.13. The lowest BCUT2D eigenvalue weighted by Crippen LogP contribution is -2.14. The van der Waals surface area contributed by atoms with Crippen LogP contribution in [0.4, 0.5) is 5.69 Å². The topological polar surface area (TPSA) is 127 Å². The van der Waals surface area contributed by atoms with Crippen molar-refractivity contribution < 1.29 is 23.1 Å². The summed E-state index contributed by atoms with van der Waals surface area (Å²) in [5.74, 6) is -1.31. The van der Waals surface area contributed by atoms with Crippen molar-refractivity contribution in [3.63, 3.8) is 0 Å². The number of aliphatic carboxylic acids is 1. The molecule has 0 unspecified atom stereocenters. The minimum Gasteiger partial charge on any atom is -0.481 e. The molecule has 110 valence electrons. The van der Waals surface area contributed by atoms with Crippen LogP contribution in [-0.2, 0) is 19.6 Å². The third-order valence-electron chi connectivity index (χ3n) is 2.34. The average Bonchev–Trinajstić information content (AvgIpc) is 2.29. The number of sulfonamides is 1. The summed E-state index contributed by atoms with van der Waals surface area (Å²) in [7, 11) is -3.80. The molecule has 20 heavy (non-hydrogen) atoms. The van der Waals surface area contributed by atoms with Gasteiger partial charge in [-0.15, -0.1) is 0 Å². The summed E-state index contributed by atoms with van der Waals surface area (Å²) < 4.78 is 22.6. The maximum absolute atomic E-state index is 11.6. The second kappa shape index (κ2) is 6.82. The fraction of sp³-hybridized carbons (Fsp3) is 0.273. The highest BCUT2D eigenvalue weighted by atomic mass is 79.9. The molecule has 0 spiro atoms. The van der Waals surface area contributed by atoms with Crippen LogP contribution in [0.1, 0.15) is 19.3 Å². The second-order valence-electron chi connectivity index (χ2n) is 3.98. The van der Waals surface area contributed by atoms with Gasteiger partial charge >= 0.3 is 5.97 Å². The van der Waals surface area contributed by atoms with Crippen LogP contribution in [0.15, 0.2) is 27.6 Å². The van der Waals surface area contributed by atoms with E-state index in [1.807, 2.05) is 0 Å². The number of halogens is 1. The monoisotopic (exact) mass is 364 g/mol. The third-order valence-corrected chi connectivity index (χ3v) is 3.90. The van der Waals surface area contributed by atoms with Gasteiger partial charge in [0.05, 0.1) is 10.6 Å². The van der Waals surface area contributed by atoms with Crippen molar-refractivity contribution in [2.24, 2.45) is 5.14 Å². The van der Waals surface area contributed by atoms with Crippen molar-refractivity contribution in [1.29, 1.82) is 0 Å². The van der Waals surface area contributed by atoms with Crippen LogP contribution in [-0.4, -0.2) is 25.4 Å². The number of carboxylic acids is 1. The summed E-state index contributed by atoms with van der Waals surface area (Å²) in [5, 5.41) is 16.0. The molecule has 1 aromatic carbocycles. The molecule has 1 aromatic rings. The average molecular weight is 365 g/mol. The van der Waals surface area contributed by atoms with Gasteiger partial charge in [0, 0.05) is 17.3 Å². The van der Waals surface area contributed by atoms with Gasteiger partial charge in [0.2, 0.25) is 15.9 Å². The highest BCUT2D eigenvalue weighted by Gasteiger charge is 2.12. The maximum Gasteiger partial charge on any atom is 0.303 e. The molecule has 0 fully saturated rings. The number of carbonyl (C=O) groups excluding carboxylic acids is 1. The first-order chi connectivity index (χ1) is 9.20. The predicted molar refractivity (Wildman–Crippen MR) is 75.6 cm³/mol. The Balaban J connectivity index is 2.69. The molecule has 7 nitrogen and oxygen atoms in total. The van der Waals surface area contributed by atoms with Crippen molar-refractivity contribution in [3.05, 3.63) is 22.7 Å². The van der Waals surface area contributed by atoms with Crippen LogP contribution in [0.25, 0.3) is 0 Å². The zero-order chi connectivity index (χ0) is 15.3. The van der Waals surface area contributed by atoms with Gasteiger partial charge in [-0.05, 0) is 40.5 Å². The van der Waals surface area contributed by atoms with Crippen molar-refractivity contribution >= 4 is 43.5 Å². The molecule has 0 aliphatic heterocycles.